The maximum atomic E-state index is 11.9. The summed E-state index contributed by atoms with van der Waals surface area (Å²) >= 11 is 0. The minimum absolute atomic E-state index is 0.00833. The molecular formula is C11H18N2O4S. The molecule has 0 bridgehead atoms. The molecule has 0 aromatic heterocycles. The maximum absolute atomic E-state index is 11.9. The van der Waals surface area contributed by atoms with Gasteiger partial charge in [0.15, 0.2) is 0 Å². The van der Waals surface area contributed by atoms with Crippen LogP contribution in [0.1, 0.15) is 13.3 Å². The van der Waals surface area contributed by atoms with Crippen molar-refractivity contribution in [3.63, 3.8) is 0 Å². The van der Waals surface area contributed by atoms with Gasteiger partial charge in [-0.2, -0.15) is 0 Å². The molecule has 6 nitrogen and oxygen atoms in total. The molecule has 0 fully saturated rings. The Balaban J connectivity index is 2.77. The second-order valence-electron chi connectivity index (χ2n) is 4.19. The number of anilines is 1. The van der Waals surface area contributed by atoms with Crippen LogP contribution >= 0.6 is 0 Å². The van der Waals surface area contributed by atoms with Crippen molar-refractivity contribution in [2.24, 2.45) is 5.92 Å². The summed E-state index contributed by atoms with van der Waals surface area (Å²) in [6.07, 6.45) is 0.528. The second-order valence-corrected chi connectivity index (χ2v) is 5.96. The first-order chi connectivity index (χ1) is 8.36. The third-order valence-corrected chi connectivity index (χ3v) is 3.97. The molecule has 1 aromatic carbocycles. The minimum atomic E-state index is -3.64. The van der Waals surface area contributed by atoms with E-state index in [1.165, 1.54) is 18.2 Å². The average Bonchev–Trinajstić information content (AvgIpc) is 2.30. The van der Waals surface area contributed by atoms with E-state index in [9.17, 15) is 13.5 Å². The quantitative estimate of drug-likeness (QED) is 0.439. The number of nitrogens with two attached hydrogens (primary N) is 1. The van der Waals surface area contributed by atoms with Crippen LogP contribution in [-0.2, 0) is 10.0 Å². The van der Waals surface area contributed by atoms with Gasteiger partial charge in [-0.05, 0) is 30.5 Å². The van der Waals surface area contributed by atoms with Crippen LogP contribution in [0.3, 0.4) is 0 Å². The van der Waals surface area contributed by atoms with Gasteiger partial charge in [0.05, 0.1) is 10.6 Å². The van der Waals surface area contributed by atoms with E-state index in [0.717, 1.165) is 0 Å². The summed E-state index contributed by atoms with van der Waals surface area (Å²) in [4.78, 5) is 0.00833. The van der Waals surface area contributed by atoms with Crippen LogP contribution in [0.4, 0.5) is 5.69 Å². The second kappa shape index (κ2) is 6.03. The van der Waals surface area contributed by atoms with Crippen molar-refractivity contribution in [3.8, 4) is 5.75 Å². The van der Waals surface area contributed by atoms with Gasteiger partial charge in [-0.15, -0.1) is 0 Å². The minimum Gasteiger partial charge on any atom is -0.506 e. The van der Waals surface area contributed by atoms with E-state index in [0.29, 0.717) is 6.42 Å². The summed E-state index contributed by atoms with van der Waals surface area (Å²) in [5.74, 6) is -0.109. The van der Waals surface area contributed by atoms with Crippen molar-refractivity contribution in [1.82, 2.24) is 4.72 Å². The number of aliphatic hydroxyl groups excluding tert-OH is 1. The van der Waals surface area contributed by atoms with Gasteiger partial charge >= 0.3 is 0 Å². The van der Waals surface area contributed by atoms with Gasteiger partial charge in [0.1, 0.15) is 5.75 Å². The standard InChI is InChI=1S/C11H18N2O4S/c1-8(4-5-14)7-13-18(16,17)9-2-3-11(15)10(12)6-9/h2-3,6,8,13-15H,4-5,7,12H2,1H3. The van der Waals surface area contributed by atoms with E-state index < -0.39 is 10.0 Å². The fourth-order valence-corrected chi connectivity index (χ4v) is 2.56. The first kappa shape index (κ1) is 14.7. The highest BCUT2D eigenvalue weighted by molar-refractivity contribution is 7.89. The molecule has 18 heavy (non-hydrogen) atoms. The Kier molecular flexibility index (Phi) is 4.94. The highest BCUT2D eigenvalue weighted by Gasteiger charge is 2.16. The molecule has 0 aliphatic rings. The monoisotopic (exact) mass is 274 g/mol. The zero-order valence-corrected chi connectivity index (χ0v) is 10.9. The largest absolute Gasteiger partial charge is 0.506 e. The molecule has 0 amide bonds. The normalized spacial score (nSPS) is 13.4. The first-order valence-electron chi connectivity index (χ1n) is 5.56. The van der Waals surface area contributed by atoms with Crippen LogP contribution in [0.25, 0.3) is 0 Å². The lowest BCUT2D eigenvalue weighted by Crippen LogP contribution is -2.28. The molecule has 1 unspecified atom stereocenters. The molecule has 102 valence electrons. The van der Waals surface area contributed by atoms with Crippen molar-refractivity contribution in [2.75, 3.05) is 18.9 Å². The van der Waals surface area contributed by atoms with E-state index in [2.05, 4.69) is 4.72 Å². The Hall–Kier alpha value is -1.31. The summed E-state index contributed by atoms with van der Waals surface area (Å²) in [6.45, 7) is 2.10. The summed E-state index contributed by atoms with van der Waals surface area (Å²) in [7, 11) is -3.64. The number of rotatable bonds is 6. The van der Waals surface area contributed by atoms with Crippen molar-refractivity contribution >= 4 is 15.7 Å². The molecule has 0 saturated heterocycles. The molecule has 1 aromatic rings. The number of phenolic OH excluding ortho intramolecular Hbond substituents is 1. The molecule has 0 spiro atoms. The lowest BCUT2D eigenvalue weighted by Gasteiger charge is -2.12. The molecular weight excluding hydrogens is 256 g/mol. The van der Waals surface area contributed by atoms with Crippen molar-refractivity contribution < 1.29 is 18.6 Å². The van der Waals surface area contributed by atoms with Gasteiger partial charge in [-0.25, -0.2) is 13.1 Å². The number of sulfonamides is 1. The van der Waals surface area contributed by atoms with Crippen LogP contribution in [0, 0.1) is 5.92 Å². The Morgan fingerprint density at radius 2 is 2.11 bits per heavy atom. The van der Waals surface area contributed by atoms with Crippen molar-refractivity contribution in [3.05, 3.63) is 18.2 Å². The van der Waals surface area contributed by atoms with Gasteiger partial charge in [0, 0.05) is 13.2 Å². The smallest absolute Gasteiger partial charge is 0.240 e. The molecule has 7 heteroatoms. The molecule has 1 atom stereocenters. The van der Waals surface area contributed by atoms with E-state index in [1.54, 1.807) is 0 Å². The number of aromatic hydroxyl groups is 1. The lowest BCUT2D eigenvalue weighted by molar-refractivity contribution is 0.263. The molecule has 5 N–H and O–H groups in total. The topological polar surface area (TPSA) is 113 Å². The van der Waals surface area contributed by atoms with Crippen LogP contribution in [0.5, 0.6) is 5.75 Å². The fourth-order valence-electron chi connectivity index (χ4n) is 1.36. The highest BCUT2D eigenvalue weighted by Crippen LogP contribution is 2.23. The highest BCUT2D eigenvalue weighted by atomic mass is 32.2. The number of hydrogen-bond acceptors (Lipinski definition) is 5. The van der Waals surface area contributed by atoms with Gasteiger partial charge in [0.25, 0.3) is 0 Å². The number of aliphatic hydroxyl groups is 1. The molecule has 0 saturated carbocycles. The van der Waals surface area contributed by atoms with E-state index >= 15 is 0 Å². The number of nitrogen functional groups attached to an aromatic ring is 1. The number of benzene rings is 1. The third-order valence-electron chi connectivity index (χ3n) is 2.55. The summed E-state index contributed by atoms with van der Waals surface area (Å²) in [5, 5.41) is 18.0. The summed E-state index contributed by atoms with van der Waals surface area (Å²) in [5.41, 5.74) is 5.46. The first-order valence-corrected chi connectivity index (χ1v) is 7.04. The van der Waals surface area contributed by atoms with Crippen LogP contribution in [0.15, 0.2) is 23.1 Å². The van der Waals surface area contributed by atoms with E-state index in [1.807, 2.05) is 6.92 Å². The van der Waals surface area contributed by atoms with Crippen LogP contribution < -0.4 is 10.5 Å². The SMILES string of the molecule is CC(CCO)CNS(=O)(=O)c1ccc(O)c(N)c1. The lowest BCUT2D eigenvalue weighted by atomic mass is 10.1. The van der Waals surface area contributed by atoms with Crippen molar-refractivity contribution in [1.29, 1.82) is 0 Å². The maximum Gasteiger partial charge on any atom is 0.240 e. The third kappa shape index (κ3) is 3.86. The number of hydrogen-bond donors (Lipinski definition) is 4. The van der Waals surface area contributed by atoms with Gasteiger partial charge in [0.2, 0.25) is 10.0 Å². The average molecular weight is 274 g/mol. The molecule has 0 aliphatic carbocycles. The zero-order chi connectivity index (χ0) is 13.8. The van der Waals surface area contributed by atoms with Crippen LogP contribution in [-0.4, -0.2) is 31.8 Å². The van der Waals surface area contributed by atoms with Gasteiger partial charge in [-0.3, -0.25) is 0 Å². The molecule has 0 radical (unpaired) electrons. The summed E-state index contributed by atoms with van der Waals surface area (Å²) < 4.78 is 26.2. The molecule has 1 rings (SSSR count). The summed E-state index contributed by atoms with van der Waals surface area (Å²) in [6, 6.07) is 3.72. The number of nitrogens with one attached hydrogen (secondary N) is 1. The predicted octanol–water partition coefficient (Wildman–Crippen LogP) is 0.271. The Labute approximate surface area is 106 Å². The Bertz CT molecular complexity index is 502. The van der Waals surface area contributed by atoms with Gasteiger partial charge in [-0.1, -0.05) is 6.92 Å². The van der Waals surface area contributed by atoms with Crippen molar-refractivity contribution in [2.45, 2.75) is 18.2 Å². The van der Waals surface area contributed by atoms with Gasteiger partial charge < -0.3 is 15.9 Å². The van der Waals surface area contributed by atoms with E-state index in [4.69, 9.17) is 10.8 Å². The number of phenols is 1. The Morgan fingerprint density at radius 3 is 2.67 bits per heavy atom. The molecule has 0 aliphatic heterocycles. The molecule has 0 heterocycles. The Morgan fingerprint density at radius 1 is 1.44 bits per heavy atom. The zero-order valence-electron chi connectivity index (χ0n) is 10.1. The van der Waals surface area contributed by atoms with Crippen LogP contribution in [0.2, 0.25) is 0 Å². The predicted molar refractivity (Wildman–Crippen MR) is 68.6 cm³/mol. The van der Waals surface area contributed by atoms with E-state index in [-0.39, 0.29) is 35.4 Å². The fraction of sp³-hybridized carbons (Fsp3) is 0.455.